The number of piperidine rings is 1. The zero-order chi connectivity index (χ0) is 19.7. The maximum atomic E-state index is 11.8. The molecule has 0 N–H and O–H groups in total. The molecule has 1 saturated heterocycles. The summed E-state index contributed by atoms with van der Waals surface area (Å²) in [6, 6.07) is 4.22. The highest BCUT2D eigenvalue weighted by molar-refractivity contribution is 8.03. The van der Waals surface area contributed by atoms with E-state index in [0.29, 0.717) is 19.0 Å². The predicted octanol–water partition coefficient (Wildman–Crippen LogP) is 5.01. The molecule has 0 saturated carbocycles. The van der Waals surface area contributed by atoms with Gasteiger partial charge >= 0.3 is 6.09 Å². The molecule has 7 heteroatoms. The number of fused-ring (bicyclic) bond motifs is 1. The predicted molar refractivity (Wildman–Crippen MR) is 113 cm³/mol. The summed E-state index contributed by atoms with van der Waals surface area (Å²) in [6.45, 7) is 1.40. The molecule has 4 rings (SSSR count). The standard InChI is InChI=1S/C21H24ClN3O2S/c1-24-11-3-4-17-19(28-16-7-5-15(22)6-8-16)18(23-20(17)24)14-9-12-25(13-10-14)21(26)27-2/h3-5,7-8,11,14-15H,6,9-10,12-13H2,1-2H3. The van der Waals surface area contributed by atoms with Crippen LogP contribution in [0.1, 0.15) is 30.9 Å². The molecule has 1 aliphatic carbocycles. The molecule has 3 heterocycles. The molecule has 1 amide bonds. The summed E-state index contributed by atoms with van der Waals surface area (Å²) in [5.41, 5.74) is 2.33. The number of alkyl halides is 1. The first-order chi connectivity index (χ1) is 13.6. The van der Waals surface area contributed by atoms with Crippen molar-refractivity contribution < 1.29 is 9.53 Å². The number of likely N-dealkylation sites (tertiary alicyclic amines) is 1. The third-order valence-electron chi connectivity index (χ3n) is 5.40. The summed E-state index contributed by atoms with van der Waals surface area (Å²) < 4.78 is 6.94. The minimum Gasteiger partial charge on any atom is -0.453 e. The molecule has 0 aromatic carbocycles. The molecule has 28 heavy (non-hydrogen) atoms. The van der Waals surface area contributed by atoms with Gasteiger partial charge in [-0.05, 0) is 31.4 Å². The molecule has 1 atom stereocenters. The van der Waals surface area contributed by atoms with Crippen LogP contribution in [0.25, 0.3) is 11.4 Å². The van der Waals surface area contributed by atoms with Gasteiger partial charge in [-0.25, -0.2) is 9.78 Å². The van der Waals surface area contributed by atoms with E-state index in [1.807, 2.05) is 13.2 Å². The van der Waals surface area contributed by atoms with E-state index in [0.717, 1.165) is 30.8 Å². The molecule has 0 aromatic heterocycles. The molecule has 0 radical (unpaired) electrons. The number of thioether (sulfide) groups is 1. The lowest BCUT2D eigenvalue weighted by molar-refractivity contribution is 0.112. The number of aromatic nitrogens is 2. The molecule has 148 valence electrons. The Morgan fingerprint density at radius 1 is 1.36 bits per heavy atom. The number of ether oxygens (including phenoxy) is 1. The Balaban J connectivity index is 1.64. The minimum atomic E-state index is -0.242. The molecule has 1 fully saturated rings. The topological polar surface area (TPSA) is 47.4 Å². The van der Waals surface area contributed by atoms with Crippen LogP contribution in [-0.2, 0) is 11.8 Å². The maximum absolute atomic E-state index is 11.8. The van der Waals surface area contributed by atoms with Gasteiger partial charge in [0.15, 0.2) is 0 Å². The van der Waals surface area contributed by atoms with E-state index in [9.17, 15) is 4.79 Å². The van der Waals surface area contributed by atoms with Gasteiger partial charge < -0.3 is 14.2 Å². The first kappa shape index (κ1) is 19.4. The van der Waals surface area contributed by atoms with Crippen molar-refractivity contribution in [3.63, 3.8) is 0 Å². The normalized spacial score (nSPS) is 20.5. The summed E-state index contributed by atoms with van der Waals surface area (Å²) in [5, 5.41) is 0.0822. The van der Waals surface area contributed by atoms with Gasteiger partial charge in [0.2, 0.25) is 0 Å². The molecular weight excluding hydrogens is 394 g/mol. The Labute approximate surface area is 174 Å². The number of aryl methyl sites for hydroxylation is 1. The maximum Gasteiger partial charge on any atom is 0.409 e. The number of hydrogen-bond donors (Lipinski definition) is 0. The van der Waals surface area contributed by atoms with Crippen molar-refractivity contribution >= 4 is 29.5 Å². The van der Waals surface area contributed by atoms with Crippen molar-refractivity contribution in [3.8, 4) is 11.4 Å². The average Bonchev–Trinajstić information content (AvgIpc) is 3.09. The highest BCUT2D eigenvalue weighted by atomic mass is 35.5. The van der Waals surface area contributed by atoms with Crippen LogP contribution < -0.4 is 0 Å². The second-order valence-corrected chi connectivity index (χ2v) is 8.88. The second kappa shape index (κ2) is 8.21. The molecule has 3 aliphatic heterocycles. The summed E-state index contributed by atoms with van der Waals surface area (Å²) in [7, 11) is 3.47. The summed E-state index contributed by atoms with van der Waals surface area (Å²) in [5.74, 6) is 1.34. The number of halogens is 1. The number of pyridine rings is 1. The molecule has 0 bridgehead atoms. The van der Waals surface area contributed by atoms with E-state index in [4.69, 9.17) is 21.3 Å². The van der Waals surface area contributed by atoms with Crippen molar-refractivity contribution in [2.75, 3.05) is 20.2 Å². The number of rotatable bonds is 3. The summed E-state index contributed by atoms with van der Waals surface area (Å²) in [6.07, 6.45) is 10.8. The van der Waals surface area contributed by atoms with Crippen LogP contribution in [0.4, 0.5) is 4.79 Å². The van der Waals surface area contributed by atoms with Crippen LogP contribution in [0.3, 0.4) is 0 Å². The highest BCUT2D eigenvalue weighted by Gasteiger charge is 2.31. The van der Waals surface area contributed by atoms with Crippen LogP contribution in [-0.4, -0.2) is 46.1 Å². The van der Waals surface area contributed by atoms with E-state index in [1.54, 1.807) is 16.7 Å². The monoisotopic (exact) mass is 417 g/mol. The Morgan fingerprint density at radius 2 is 2.14 bits per heavy atom. The zero-order valence-electron chi connectivity index (χ0n) is 16.1. The van der Waals surface area contributed by atoms with Crippen LogP contribution >= 0.6 is 23.4 Å². The fourth-order valence-corrected chi connectivity index (χ4v) is 5.15. The number of carbonyl (C=O) groups is 1. The summed E-state index contributed by atoms with van der Waals surface area (Å²) in [4.78, 5) is 21.1. The number of allylic oxidation sites excluding steroid dienone is 3. The fraction of sp³-hybridized carbons (Fsp3) is 0.429. The van der Waals surface area contributed by atoms with Gasteiger partial charge in [0, 0.05) is 47.6 Å². The molecule has 0 spiro atoms. The van der Waals surface area contributed by atoms with Crippen molar-refractivity contribution in [2.45, 2.75) is 35.5 Å². The van der Waals surface area contributed by atoms with E-state index in [-0.39, 0.29) is 11.5 Å². The Hall–Kier alpha value is -1.92. The number of nitrogens with zero attached hydrogens (tertiary/aromatic N) is 3. The average molecular weight is 418 g/mol. The van der Waals surface area contributed by atoms with E-state index < -0.39 is 0 Å². The third-order valence-corrected chi connectivity index (χ3v) is 6.89. The van der Waals surface area contributed by atoms with Crippen LogP contribution in [0.15, 0.2) is 46.4 Å². The van der Waals surface area contributed by atoms with Crippen molar-refractivity contribution in [1.29, 1.82) is 0 Å². The van der Waals surface area contributed by atoms with Gasteiger partial charge in [-0.1, -0.05) is 30.0 Å². The van der Waals surface area contributed by atoms with E-state index >= 15 is 0 Å². The third kappa shape index (κ3) is 3.80. The second-order valence-electron chi connectivity index (χ2n) is 7.23. The quantitative estimate of drug-likeness (QED) is 0.658. The summed E-state index contributed by atoms with van der Waals surface area (Å²) >= 11 is 7.96. The van der Waals surface area contributed by atoms with Crippen molar-refractivity contribution in [1.82, 2.24) is 14.5 Å². The van der Waals surface area contributed by atoms with Gasteiger partial charge in [0.25, 0.3) is 0 Å². The Morgan fingerprint density at radius 3 is 2.82 bits per heavy atom. The smallest absolute Gasteiger partial charge is 0.409 e. The number of methoxy groups -OCH3 is 1. The molecule has 0 aromatic rings. The number of amides is 1. The largest absolute Gasteiger partial charge is 0.453 e. The van der Waals surface area contributed by atoms with Gasteiger partial charge in [-0.15, -0.1) is 11.6 Å². The van der Waals surface area contributed by atoms with Crippen LogP contribution in [0.5, 0.6) is 0 Å². The van der Waals surface area contributed by atoms with E-state index in [2.05, 4.69) is 34.9 Å². The van der Waals surface area contributed by atoms with Crippen LogP contribution in [0, 0.1) is 0 Å². The molecule has 1 unspecified atom stereocenters. The van der Waals surface area contributed by atoms with Gasteiger partial charge in [-0.2, -0.15) is 0 Å². The first-order valence-corrected chi connectivity index (χ1v) is 10.8. The molecule has 5 nitrogen and oxygen atoms in total. The van der Waals surface area contributed by atoms with E-state index in [1.165, 1.54) is 22.5 Å². The first-order valence-electron chi connectivity index (χ1n) is 9.55. The van der Waals surface area contributed by atoms with Gasteiger partial charge in [0.05, 0.1) is 18.2 Å². The van der Waals surface area contributed by atoms with Crippen molar-refractivity contribution in [2.24, 2.45) is 7.05 Å². The molecule has 4 aliphatic rings. The number of hydrogen-bond acceptors (Lipinski definition) is 4. The lowest BCUT2D eigenvalue weighted by Gasteiger charge is -2.30. The SMILES string of the molecule is COC(=O)N1CCC(c2nc3n(C)cccc-3c2SC2=CCC(Cl)C=C2)CC1. The lowest BCUT2D eigenvalue weighted by Crippen LogP contribution is -2.37. The lowest BCUT2D eigenvalue weighted by atomic mass is 9.93. The van der Waals surface area contributed by atoms with Gasteiger partial charge in [-0.3, -0.25) is 0 Å². The number of carbonyl (C=O) groups excluding carboxylic acids is 1. The fourth-order valence-electron chi connectivity index (χ4n) is 3.84. The minimum absolute atomic E-state index is 0.0822. The van der Waals surface area contributed by atoms with Crippen LogP contribution in [0.2, 0.25) is 0 Å². The van der Waals surface area contributed by atoms with Crippen molar-refractivity contribution in [3.05, 3.63) is 47.2 Å². The Kier molecular flexibility index (Phi) is 5.69. The highest BCUT2D eigenvalue weighted by Crippen LogP contribution is 2.45. The van der Waals surface area contributed by atoms with Gasteiger partial charge in [0.1, 0.15) is 5.82 Å². The molecular formula is C21H24ClN3O2S. The Bertz CT molecular complexity index is 899. The zero-order valence-corrected chi connectivity index (χ0v) is 17.7.